The summed E-state index contributed by atoms with van der Waals surface area (Å²) in [6, 6.07) is 0. The smallest absolute Gasteiger partial charge is 0.0449 e. The van der Waals surface area contributed by atoms with Crippen LogP contribution in [0.4, 0.5) is 0 Å². The summed E-state index contributed by atoms with van der Waals surface area (Å²) >= 11 is 6.26. The van der Waals surface area contributed by atoms with E-state index >= 15 is 0 Å². The number of hydrogen-bond acceptors (Lipinski definition) is 0. The van der Waals surface area contributed by atoms with E-state index in [0.29, 0.717) is 0 Å². The average Bonchev–Trinajstić information content (AvgIpc) is 2.19. The zero-order valence-electron chi connectivity index (χ0n) is 5.86. The lowest BCUT2D eigenvalue weighted by Crippen LogP contribution is -2.23. The molecule has 0 radical (unpaired) electrons. The van der Waals surface area contributed by atoms with Gasteiger partial charge in [-0.2, -0.15) is 0 Å². The van der Waals surface area contributed by atoms with Gasteiger partial charge in [-0.1, -0.05) is 6.42 Å². The molecule has 2 aliphatic carbocycles. The summed E-state index contributed by atoms with van der Waals surface area (Å²) in [6.07, 6.45) is 5.54. The first kappa shape index (κ1) is 6.03. The number of rotatable bonds is 0. The summed E-state index contributed by atoms with van der Waals surface area (Å²) < 4.78 is 0. The second-order valence-electron chi connectivity index (χ2n) is 3.86. The molecule has 0 spiro atoms. The van der Waals surface area contributed by atoms with Crippen molar-refractivity contribution < 1.29 is 0 Å². The summed E-state index contributed by atoms with van der Waals surface area (Å²) in [6.45, 7) is 2.21. The standard InChI is InChI=1S/C8H13Cl/c1-8(9)5-6-2-3-7(8)4-6/h6-7H,2-5H2,1H3/t6-,7-,8+/m0/s1. The van der Waals surface area contributed by atoms with E-state index in [0.717, 1.165) is 11.8 Å². The molecule has 0 aromatic carbocycles. The zero-order valence-corrected chi connectivity index (χ0v) is 6.62. The summed E-state index contributed by atoms with van der Waals surface area (Å²) in [5.41, 5.74) is 0. The zero-order chi connectivity index (χ0) is 6.48. The van der Waals surface area contributed by atoms with E-state index < -0.39 is 0 Å². The summed E-state index contributed by atoms with van der Waals surface area (Å²) in [5.74, 6) is 1.83. The summed E-state index contributed by atoms with van der Waals surface area (Å²) in [7, 11) is 0. The molecule has 2 aliphatic rings. The van der Waals surface area contributed by atoms with Crippen LogP contribution in [0.5, 0.6) is 0 Å². The van der Waals surface area contributed by atoms with E-state index in [9.17, 15) is 0 Å². The molecule has 2 rings (SSSR count). The van der Waals surface area contributed by atoms with Gasteiger partial charge in [-0.05, 0) is 38.0 Å². The van der Waals surface area contributed by atoms with E-state index in [2.05, 4.69) is 6.92 Å². The molecule has 2 bridgehead atoms. The fourth-order valence-electron chi connectivity index (χ4n) is 2.54. The fraction of sp³-hybridized carbons (Fsp3) is 1.00. The van der Waals surface area contributed by atoms with E-state index in [1.54, 1.807) is 0 Å². The van der Waals surface area contributed by atoms with Crippen LogP contribution in [0, 0.1) is 11.8 Å². The molecule has 0 amide bonds. The SMILES string of the molecule is C[C@@]1(Cl)C[C@H]2CC[C@H]1C2. The number of alkyl halides is 1. The number of fused-ring (bicyclic) bond motifs is 2. The summed E-state index contributed by atoms with van der Waals surface area (Å²) in [4.78, 5) is 0.183. The van der Waals surface area contributed by atoms with Crippen molar-refractivity contribution in [1.29, 1.82) is 0 Å². The third kappa shape index (κ3) is 0.797. The van der Waals surface area contributed by atoms with Gasteiger partial charge in [0.05, 0.1) is 0 Å². The fourth-order valence-corrected chi connectivity index (χ4v) is 2.95. The molecule has 52 valence electrons. The predicted octanol–water partition coefficient (Wildman–Crippen LogP) is 2.80. The molecule has 0 aromatic heterocycles. The van der Waals surface area contributed by atoms with Crippen molar-refractivity contribution in [2.24, 2.45) is 11.8 Å². The molecule has 3 atom stereocenters. The van der Waals surface area contributed by atoms with Gasteiger partial charge in [0, 0.05) is 4.87 Å². The van der Waals surface area contributed by atoms with Crippen LogP contribution in [-0.4, -0.2) is 4.87 Å². The topological polar surface area (TPSA) is 0 Å². The molecule has 0 heterocycles. The van der Waals surface area contributed by atoms with Gasteiger partial charge >= 0.3 is 0 Å². The molecule has 0 unspecified atom stereocenters. The van der Waals surface area contributed by atoms with Crippen LogP contribution in [0.15, 0.2) is 0 Å². The minimum Gasteiger partial charge on any atom is -0.119 e. The van der Waals surface area contributed by atoms with Gasteiger partial charge in [0.1, 0.15) is 0 Å². The molecule has 0 nitrogen and oxygen atoms in total. The van der Waals surface area contributed by atoms with Crippen molar-refractivity contribution in [2.75, 3.05) is 0 Å². The Hall–Kier alpha value is 0.290. The molecule has 0 saturated heterocycles. The Morgan fingerprint density at radius 2 is 2.22 bits per heavy atom. The quantitative estimate of drug-likeness (QED) is 0.459. The van der Waals surface area contributed by atoms with Gasteiger partial charge in [0.2, 0.25) is 0 Å². The van der Waals surface area contributed by atoms with Crippen LogP contribution in [0.25, 0.3) is 0 Å². The Morgan fingerprint density at radius 3 is 2.44 bits per heavy atom. The van der Waals surface area contributed by atoms with E-state index in [-0.39, 0.29) is 4.87 Å². The molecule has 0 aromatic rings. The Morgan fingerprint density at radius 1 is 1.44 bits per heavy atom. The summed E-state index contributed by atoms with van der Waals surface area (Å²) in [5, 5.41) is 0. The molecule has 2 saturated carbocycles. The highest BCUT2D eigenvalue weighted by molar-refractivity contribution is 6.24. The van der Waals surface area contributed by atoms with Crippen molar-refractivity contribution in [3.63, 3.8) is 0 Å². The average molecular weight is 145 g/mol. The number of hydrogen-bond donors (Lipinski definition) is 0. The van der Waals surface area contributed by atoms with Gasteiger partial charge in [-0.25, -0.2) is 0 Å². The van der Waals surface area contributed by atoms with Crippen molar-refractivity contribution in [3.05, 3.63) is 0 Å². The lowest BCUT2D eigenvalue weighted by Gasteiger charge is -2.26. The van der Waals surface area contributed by atoms with Gasteiger partial charge in [0.25, 0.3) is 0 Å². The minimum absolute atomic E-state index is 0.183. The van der Waals surface area contributed by atoms with Crippen LogP contribution in [0.3, 0.4) is 0 Å². The monoisotopic (exact) mass is 144 g/mol. The second kappa shape index (κ2) is 1.66. The first-order valence-corrected chi connectivity index (χ1v) is 4.25. The van der Waals surface area contributed by atoms with Crippen LogP contribution < -0.4 is 0 Å². The molecule has 1 heteroatoms. The highest BCUT2D eigenvalue weighted by Crippen LogP contribution is 2.53. The lowest BCUT2D eigenvalue weighted by molar-refractivity contribution is 0.390. The van der Waals surface area contributed by atoms with Crippen LogP contribution >= 0.6 is 11.6 Å². The largest absolute Gasteiger partial charge is 0.119 e. The Labute approximate surface area is 61.6 Å². The van der Waals surface area contributed by atoms with Crippen molar-refractivity contribution >= 4 is 11.6 Å². The second-order valence-corrected chi connectivity index (χ2v) is 4.72. The minimum atomic E-state index is 0.183. The molecule has 0 N–H and O–H groups in total. The van der Waals surface area contributed by atoms with Crippen LogP contribution in [0.1, 0.15) is 32.6 Å². The lowest BCUT2D eigenvalue weighted by atomic mass is 9.90. The van der Waals surface area contributed by atoms with E-state index in [4.69, 9.17) is 11.6 Å². The molecule has 9 heavy (non-hydrogen) atoms. The highest BCUT2D eigenvalue weighted by Gasteiger charge is 2.46. The van der Waals surface area contributed by atoms with Gasteiger partial charge < -0.3 is 0 Å². The molecular formula is C8H13Cl. The van der Waals surface area contributed by atoms with Crippen molar-refractivity contribution in [3.8, 4) is 0 Å². The van der Waals surface area contributed by atoms with Gasteiger partial charge in [-0.3, -0.25) is 0 Å². The predicted molar refractivity (Wildman–Crippen MR) is 39.7 cm³/mol. The maximum atomic E-state index is 6.26. The maximum Gasteiger partial charge on any atom is 0.0449 e. The van der Waals surface area contributed by atoms with Gasteiger partial charge in [0.15, 0.2) is 0 Å². The maximum absolute atomic E-state index is 6.26. The number of halogens is 1. The van der Waals surface area contributed by atoms with Crippen LogP contribution in [-0.2, 0) is 0 Å². The van der Waals surface area contributed by atoms with Crippen molar-refractivity contribution in [2.45, 2.75) is 37.5 Å². The third-order valence-corrected chi connectivity index (χ3v) is 3.54. The Kier molecular flexibility index (Phi) is 1.11. The highest BCUT2D eigenvalue weighted by atomic mass is 35.5. The van der Waals surface area contributed by atoms with Crippen molar-refractivity contribution in [1.82, 2.24) is 0 Å². The first-order valence-electron chi connectivity index (χ1n) is 3.87. The Balaban J connectivity index is 2.18. The molecular weight excluding hydrogens is 132 g/mol. The third-order valence-electron chi connectivity index (χ3n) is 3.08. The molecule has 0 aliphatic heterocycles. The van der Waals surface area contributed by atoms with E-state index in [1.165, 1.54) is 25.7 Å². The normalized spacial score (nSPS) is 56.7. The Bertz CT molecular complexity index is 129. The van der Waals surface area contributed by atoms with Crippen LogP contribution in [0.2, 0.25) is 0 Å². The van der Waals surface area contributed by atoms with E-state index in [1.807, 2.05) is 0 Å². The molecule has 2 fully saturated rings. The first-order chi connectivity index (χ1) is 4.18. The van der Waals surface area contributed by atoms with Gasteiger partial charge in [-0.15, -0.1) is 11.6 Å².